The summed E-state index contributed by atoms with van der Waals surface area (Å²) < 4.78 is 0. The van der Waals surface area contributed by atoms with Crippen LogP contribution in [0.25, 0.3) is 0 Å². The van der Waals surface area contributed by atoms with E-state index in [-0.39, 0.29) is 0 Å². The molecule has 0 aliphatic carbocycles. The number of hydrogen-bond donors (Lipinski definition) is 4. The summed E-state index contributed by atoms with van der Waals surface area (Å²) in [6.45, 7) is 0. The first kappa shape index (κ1) is 10.8. The normalized spacial score (nSPS) is 19.6. The van der Waals surface area contributed by atoms with Crippen LogP contribution in [0.3, 0.4) is 0 Å². The summed E-state index contributed by atoms with van der Waals surface area (Å²) in [4.78, 5) is 31.6. The Kier molecular flexibility index (Phi) is 2.75. The number of nitrogens with one attached hydrogen (secondary N) is 1. The lowest BCUT2D eigenvalue weighted by atomic mass is 10.1. The monoisotopic (exact) mass is 212 g/mol. The van der Waals surface area contributed by atoms with Gasteiger partial charge in [-0.1, -0.05) is 0 Å². The second kappa shape index (κ2) is 3.82. The number of carboxylic acid groups (broad SMARTS) is 3. The van der Waals surface area contributed by atoms with E-state index in [0.29, 0.717) is 0 Å². The minimum Gasteiger partial charge on any atom is -0.479 e. The summed E-state index contributed by atoms with van der Waals surface area (Å²) in [7, 11) is 0. The molecular weight excluding hydrogens is 206 g/mol. The molecule has 1 atom stereocenters. The molecule has 79 valence electrons. The third kappa shape index (κ3) is 2.33. The van der Waals surface area contributed by atoms with Crippen LogP contribution in [0.4, 0.5) is 0 Å². The Labute approximate surface area is 83.3 Å². The Hall–Kier alpha value is -2.31. The second-order valence-electron chi connectivity index (χ2n) is 2.64. The Balaban J connectivity index is 3.07. The van der Waals surface area contributed by atoms with Crippen LogP contribution in [-0.2, 0) is 14.4 Å². The Bertz CT molecular complexity index is 394. The van der Waals surface area contributed by atoms with Crippen molar-refractivity contribution in [3.05, 3.63) is 23.4 Å². The summed E-state index contributed by atoms with van der Waals surface area (Å²) in [5.74, 6) is -4.26. The average Bonchev–Trinajstić information content (AvgIpc) is 2.16. The van der Waals surface area contributed by atoms with E-state index in [4.69, 9.17) is 15.3 Å². The van der Waals surface area contributed by atoms with Crippen molar-refractivity contribution in [3.8, 4) is 0 Å². The number of carboxylic acids is 3. The largest absolute Gasteiger partial charge is 0.479 e. The van der Waals surface area contributed by atoms with Gasteiger partial charge in [-0.25, -0.2) is 14.4 Å². The average molecular weight is 212 g/mol. The van der Waals surface area contributed by atoms with E-state index in [9.17, 15) is 14.4 Å². The molecule has 7 heteroatoms. The molecule has 1 aliphatic rings. The summed E-state index contributed by atoms with van der Waals surface area (Å²) in [5, 5.41) is 27.8. The van der Waals surface area contributed by atoms with Crippen LogP contribution >= 0.6 is 0 Å². The van der Waals surface area contributed by atoms with Gasteiger partial charge >= 0.3 is 17.9 Å². The smallest absolute Gasteiger partial charge is 0.352 e. The van der Waals surface area contributed by atoms with Crippen LogP contribution in [0.2, 0.25) is 0 Å². The molecular formula is C8H6NO6. The van der Waals surface area contributed by atoms with Crippen LogP contribution in [0.15, 0.2) is 17.3 Å². The maximum atomic E-state index is 10.5. The molecule has 0 bridgehead atoms. The molecule has 4 N–H and O–H groups in total. The van der Waals surface area contributed by atoms with E-state index in [1.165, 1.54) is 0 Å². The third-order valence-corrected chi connectivity index (χ3v) is 1.60. The molecule has 0 amide bonds. The van der Waals surface area contributed by atoms with Crippen molar-refractivity contribution in [2.75, 3.05) is 0 Å². The minimum absolute atomic E-state index is 0.487. The molecule has 15 heavy (non-hydrogen) atoms. The zero-order chi connectivity index (χ0) is 11.6. The van der Waals surface area contributed by atoms with Crippen molar-refractivity contribution in [2.24, 2.45) is 0 Å². The molecule has 1 aliphatic heterocycles. The van der Waals surface area contributed by atoms with E-state index in [0.717, 1.165) is 6.08 Å². The molecule has 0 saturated heterocycles. The summed E-state index contributed by atoms with van der Waals surface area (Å²) in [6, 6.07) is -1.47. The molecule has 1 radical (unpaired) electrons. The van der Waals surface area contributed by atoms with Crippen LogP contribution in [0, 0.1) is 6.08 Å². The number of hydrogen-bond acceptors (Lipinski definition) is 4. The third-order valence-electron chi connectivity index (χ3n) is 1.60. The highest BCUT2D eigenvalue weighted by Crippen LogP contribution is 2.10. The Morgan fingerprint density at radius 2 is 1.80 bits per heavy atom. The summed E-state index contributed by atoms with van der Waals surface area (Å²) in [5.41, 5.74) is -0.975. The highest BCUT2D eigenvalue weighted by molar-refractivity contribution is 5.96. The Morgan fingerprint density at radius 1 is 1.20 bits per heavy atom. The zero-order valence-electron chi connectivity index (χ0n) is 7.22. The van der Waals surface area contributed by atoms with Gasteiger partial charge in [0, 0.05) is 6.08 Å². The molecule has 0 aromatic rings. The van der Waals surface area contributed by atoms with E-state index in [1.54, 1.807) is 0 Å². The van der Waals surface area contributed by atoms with Crippen LogP contribution in [-0.4, -0.2) is 39.3 Å². The summed E-state index contributed by atoms with van der Waals surface area (Å²) in [6.07, 6.45) is 2.91. The lowest BCUT2D eigenvalue weighted by molar-refractivity contribution is -0.138. The zero-order valence-corrected chi connectivity index (χ0v) is 7.22. The van der Waals surface area contributed by atoms with Crippen LogP contribution in [0.5, 0.6) is 0 Å². The van der Waals surface area contributed by atoms with Gasteiger partial charge in [-0.15, -0.1) is 0 Å². The van der Waals surface area contributed by atoms with Crippen molar-refractivity contribution in [1.29, 1.82) is 0 Å². The fourth-order valence-corrected chi connectivity index (χ4v) is 0.945. The Morgan fingerprint density at radius 3 is 2.20 bits per heavy atom. The first-order chi connectivity index (χ1) is 6.91. The second-order valence-corrected chi connectivity index (χ2v) is 2.64. The molecule has 7 nitrogen and oxygen atoms in total. The lowest BCUT2D eigenvalue weighted by Gasteiger charge is -2.16. The van der Waals surface area contributed by atoms with Gasteiger partial charge in [0.05, 0.1) is 5.57 Å². The predicted molar refractivity (Wildman–Crippen MR) is 44.7 cm³/mol. The van der Waals surface area contributed by atoms with Gasteiger partial charge in [0.1, 0.15) is 5.70 Å². The molecule has 1 rings (SSSR count). The van der Waals surface area contributed by atoms with Crippen molar-refractivity contribution < 1.29 is 29.7 Å². The van der Waals surface area contributed by atoms with Gasteiger partial charge < -0.3 is 20.6 Å². The van der Waals surface area contributed by atoms with Crippen LogP contribution < -0.4 is 5.32 Å². The highest BCUT2D eigenvalue weighted by atomic mass is 16.4. The number of carbonyl (C=O) groups is 3. The van der Waals surface area contributed by atoms with Gasteiger partial charge in [0.2, 0.25) is 0 Å². The molecule has 0 saturated carbocycles. The van der Waals surface area contributed by atoms with Crippen molar-refractivity contribution >= 4 is 17.9 Å². The number of dihydropyridines is 1. The minimum atomic E-state index is -1.47. The number of aliphatic carboxylic acids is 3. The quantitative estimate of drug-likeness (QED) is 0.464. The van der Waals surface area contributed by atoms with E-state index >= 15 is 0 Å². The van der Waals surface area contributed by atoms with Crippen LogP contribution in [0.1, 0.15) is 0 Å². The van der Waals surface area contributed by atoms with Gasteiger partial charge in [-0.2, -0.15) is 0 Å². The fourth-order valence-electron chi connectivity index (χ4n) is 0.945. The van der Waals surface area contributed by atoms with E-state index in [2.05, 4.69) is 11.4 Å². The topological polar surface area (TPSA) is 124 Å². The maximum Gasteiger partial charge on any atom is 0.352 e. The van der Waals surface area contributed by atoms with Gasteiger partial charge in [0.15, 0.2) is 6.04 Å². The fraction of sp³-hybridized carbons (Fsp3) is 0.125. The molecule has 0 aromatic carbocycles. The molecule has 0 aromatic heterocycles. The van der Waals surface area contributed by atoms with Gasteiger partial charge in [-0.3, -0.25) is 0 Å². The van der Waals surface area contributed by atoms with Gasteiger partial charge in [-0.05, 0) is 6.08 Å². The molecule has 0 fully saturated rings. The van der Waals surface area contributed by atoms with Crippen molar-refractivity contribution in [2.45, 2.75) is 6.04 Å². The first-order valence-corrected chi connectivity index (χ1v) is 3.73. The first-order valence-electron chi connectivity index (χ1n) is 3.73. The van der Waals surface area contributed by atoms with Crippen molar-refractivity contribution in [1.82, 2.24) is 5.32 Å². The maximum absolute atomic E-state index is 10.5. The van der Waals surface area contributed by atoms with E-state index in [1.807, 2.05) is 0 Å². The molecule has 1 heterocycles. The van der Waals surface area contributed by atoms with Gasteiger partial charge in [0.25, 0.3) is 0 Å². The predicted octanol–water partition coefficient (Wildman–Crippen LogP) is -1.17. The molecule has 1 unspecified atom stereocenters. The standard InChI is InChI=1S/C8H6NO6/c10-6(11)3-1-4(7(12)13)9-5(2-3)8(14)15/h1,5,9H,(H,10,11)(H,12,13)(H,14,15). The molecule has 0 spiro atoms. The summed E-state index contributed by atoms with van der Waals surface area (Å²) >= 11 is 0. The van der Waals surface area contributed by atoms with Crippen molar-refractivity contribution in [3.63, 3.8) is 0 Å². The SMILES string of the molecule is O=C(O)C1=[C]C(C(=O)O)NC(C(=O)O)=C1. The van der Waals surface area contributed by atoms with E-state index < -0.39 is 35.2 Å². The number of rotatable bonds is 3. The lowest BCUT2D eigenvalue weighted by Crippen LogP contribution is -2.40. The highest BCUT2D eigenvalue weighted by Gasteiger charge is 2.26.